The smallest absolute Gasteiger partial charge is 0.341 e. The second kappa shape index (κ2) is 9.26. The zero-order chi connectivity index (χ0) is 22.7. The van der Waals surface area contributed by atoms with E-state index in [4.69, 9.17) is 4.74 Å². The van der Waals surface area contributed by atoms with Crippen LogP contribution in [0.15, 0.2) is 64.4 Å². The van der Waals surface area contributed by atoms with Gasteiger partial charge < -0.3 is 10.1 Å². The van der Waals surface area contributed by atoms with Crippen molar-refractivity contribution >= 4 is 38.1 Å². The lowest BCUT2D eigenvalue weighted by Crippen LogP contribution is -2.16. The maximum Gasteiger partial charge on any atom is 0.341 e. The number of sulfone groups is 1. The summed E-state index contributed by atoms with van der Waals surface area (Å²) in [6, 6.07) is 13.9. The van der Waals surface area contributed by atoms with Gasteiger partial charge in [0.2, 0.25) is 9.84 Å². The van der Waals surface area contributed by atoms with Crippen molar-refractivity contribution < 1.29 is 22.7 Å². The summed E-state index contributed by atoms with van der Waals surface area (Å²) < 4.78 is 30.7. The van der Waals surface area contributed by atoms with Crippen molar-refractivity contribution in [3.05, 3.63) is 76.2 Å². The molecule has 32 heavy (non-hydrogen) atoms. The number of amides is 1. The third-order valence-corrected chi connectivity index (χ3v) is 8.35. The van der Waals surface area contributed by atoms with E-state index in [-0.39, 0.29) is 16.4 Å². The van der Waals surface area contributed by atoms with Crippen molar-refractivity contribution in [2.24, 2.45) is 0 Å². The van der Waals surface area contributed by atoms with Gasteiger partial charge in [0.25, 0.3) is 5.91 Å². The summed E-state index contributed by atoms with van der Waals surface area (Å²) in [5.74, 6) is -0.829. The molecule has 2 aromatic carbocycles. The van der Waals surface area contributed by atoms with Crippen molar-refractivity contribution in [2.75, 3.05) is 11.9 Å². The second-order valence-corrected chi connectivity index (χ2v) is 10.5. The Morgan fingerprint density at radius 2 is 1.62 bits per heavy atom. The lowest BCUT2D eigenvalue weighted by atomic mass is 9.95. The quantitative estimate of drug-likeness (QED) is 0.519. The van der Waals surface area contributed by atoms with Gasteiger partial charge in [-0.25, -0.2) is 13.2 Å². The second-order valence-electron chi connectivity index (χ2n) is 7.43. The molecule has 166 valence electrons. The molecule has 3 aromatic rings. The first-order valence-electron chi connectivity index (χ1n) is 10.4. The third kappa shape index (κ3) is 4.33. The van der Waals surface area contributed by atoms with E-state index in [0.717, 1.165) is 36.1 Å². The number of carbonyl (C=O) groups is 2. The number of thiophene rings is 1. The van der Waals surface area contributed by atoms with Gasteiger partial charge in [0.1, 0.15) is 5.00 Å². The minimum atomic E-state index is -3.66. The minimum Gasteiger partial charge on any atom is -0.462 e. The van der Waals surface area contributed by atoms with Crippen LogP contribution in [0.25, 0.3) is 0 Å². The number of benzene rings is 2. The fourth-order valence-electron chi connectivity index (χ4n) is 3.77. The lowest BCUT2D eigenvalue weighted by Gasteiger charge is -2.12. The Hall–Kier alpha value is -2.97. The van der Waals surface area contributed by atoms with E-state index in [1.165, 1.54) is 47.7 Å². The van der Waals surface area contributed by atoms with Gasteiger partial charge in [-0.3, -0.25) is 4.79 Å². The van der Waals surface area contributed by atoms with Crippen LogP contribution in [0.1, 0.15) is 50.9 Å². The van der Waals surface area contributed by atoms with E-state index in [1.54, 1.807) is 25.1 Å². The minimum absolute atomic E-state index is 0.110. The van der Waals surface area contributed by atoms with E-state index >= 15 is 0 Å². The number of aryl methyl sites for hydroxylation is 1. The van der Waals surface area contributed by atoms with Crippen LogP contribution in [0.2, 0.25) is 0 Å². The molecule has 0 unspecified atom stereocenters. The predicted octanol–water partition coefficient (Wildman–Crippen LogP) is 4.89. The molecular formula is C24H23NO5S2. The van der Waals surface area contributed by atoms with Crippen LogP contribution >= 0.6 is 11.3 Å². The average molecular weight is 470 g/mol. The number of esters is 1. The highest BCUT2D eigenvalue weighted by Gasteiger charge is 2.27. The average Bonchev–Trinajstić information content (AvgIpc) is 3.17. The highest BCUT2D eigenvalue weighted by molar-refractivity contribution is 7.91. The molecule has 1 aromatic heterocycles. The molecule has 4 rings (SSSR count). The number of ether oxygens (including phenoxy) is 1. The van der Waals surface area contributed by atoms with E-state index in [0.29, 0.717) is 16.1 Å². The normalized spacial score (nSPS) is 13.3. The number of rotatable bonds is 6. The van der Waals surface area contributed by atoms with Crippen LogP contribution in [0.5, 0.6) is 0 Å². The highest BCUT2D eigenvalue weighted by atomic mass is 32.2. The molecular weight excluding hydrogens is 446 g/mol. The van der Waals surface area contributed by atoms with Crippen LogP contribution in [-0.2, 0) is 27.4 Å². The van der Waals surface area contributed by atoms with Gasteiger partial charge in [-0.05, 0) is 74.6 Å². The lowest BCUT2D eigenvalue weighted by molar-refractivity contribution is 0.0526. The maximum atomic E-state index is 12.9. The summed E-state index contributed by atoms with van der Waals surface area (Å²) in [6.45, 7) is 2.01. The molecule has 1 aliphatic carbocycles. The van der Waals surface area contributed by atoms with Crippen molar-refractivity contribution in [2.45, 2.75) is 42.4 Å². The Kier molecular flexibility index (Phi) is 6.43. The van der Waals surface area contributed by atoms with Gasteiger partial charge in [-0.1, -0.05) is 18.2 Å². The molecule has 0 radical (unpaired) electrons. The van der Waals surface area contributed by atoms with E-state index < -0.39 is 21.7 Å². The van der Waals surface area contributed by atoms with E-state index in [9.17, 15) is 18.0 Å². The first-order valence-corrected chi connectivity index (χ1v) is 12.7. The summed E-state index contributed by atoms with van der Waals surface area (Å²) in [7, 11) is -3.66. The molecule has 0 saturated carbocycles. The summed E-state index contributed by atoms with van der Waals surface area (Å²) in [5.41, 5.74) is 1.72. The van der Waals surface area contributed by atoms with Crippen LogP contribution in [0.4, 0.5) is 5.00 Å². The summed E-state index contributed by atoms with van der Waals surface area (Å²) in [6.07, 6.45) is 3.73. The Morgan fingerprint density at radius 3 is 2.31 bits per heavy atom. The number of hydrogen-bond donors (Lipinski definition) is 1. The predicted molar refractivity (Wildman–Crippen MR) is 123 cm³/mol. The molecule has 0 atom stereocenters. The number of carbonyl (C=O) groups excluding carboxylic acids is 2. The van der Waals surface area contributed by atoms with Crippen LogP contribution in [0.3, 0.4) is 0 Å². The van der Waals surface area contributed by atoms with Crippen LogP contribution in [-0.4, -0.2) is 26.9 Å². The molecule has 6 nitrogen and oxygen atoms in total. The monoisotopic (exact) mass is 469 g/mol. The molecule has 1 heterocycles. The van der Waals surface area contributed by atoms with Gasteiger partial charge >= 0.3 is 5.97 Å². The summed E-state index contributed by atoms with van der Waals surface area (Å²) in [5, 5.41) is 3.33. The molecule has 0 aliphatic heterocycles. The van der Waals surface area contributed by atoms with Gasteiger partial charge in [0.05, 0.1) is 22.0 Å². The highest BCUT2D eigenvalue weighted by Crippen LogP contribution is 2.38. The molecule has 0 bridgehead atoms. The Morgan fingerprint density at radius 1 is 0.969 bits per heavy atom. The number of nitrogens with one attached hydrogen (secondary N) is 1. The van der Waals surface area contributed by atoms with E-state index in [1.807, 2.05) is 0 Å². The molecule has 1 N–H and O–H groups in total. The summed E-state index contributed by atoms with van der Waals surface area (Å²) >= 11 is 1.42. The van der Waals surface area contributed by atoms with Gasteiger partial charge in [0.15, 0.2) is 0 Å². The van der Waals surface area contributed by atoms with E-state index in [2.05, 4.69) is 5.32 Å². The fraction of sp³-hybridized carbons (Fsp3) is 0.250. The Bertz CT molecular complexity index is 1250. The number of fused-ring (bicyclic) bond motifs is 1. The van der Waals surface area contributed by atoms with Crippen LogP contribution in [0, 0.1) is 0 Å². The fourth-order valence-corrected chi connectivity index (χ4v) is 6.32. The first kappa shape index (κ1) is 22.2. The van der Waals surface area contributed by atoms with Crippen molar-refractivity contribution in [3.8, 4) is 0 Å². The Labute approximate surface area is 191 Å². The topological polar surface area (TPSA) is 89.5 Å². The summed E-state index contributed by atoms with van der Waals surface area (Å²) in [4.78, 5) is 26.9. The SMILES string of the molecule is CCOC(=O)c1c(NC(=O)c2ccc(S(=O)(=O)c3ccccc3)cc2)sc2c1CCCC2. The Balaban J connectivity index is 1.59. The molecule has 1 amide bonds. The molecule has 0 fully saturated rings. The molecule has 8 heteroatoms. The largest absolute Gasteiger partial charge is 0.462 e. The van der Waals surface area contributed by atoms with Gasteiger partial charge in [-0.2, -0.15) is 0 Å². The molecule has 1 aliphatic rings. The van der Waals surface area contributed by atoms with Crippen molar-refractivity contribution in [3.63, 3.8) is 0 Å². The molecule has 0 saturated heterocycles. The zero-order valence-corrected chi connectivity index (χ0v) is 19.2. The standard InChI is InChI=1S/C24H23NO5S2/c1-2-30-24(27)21-19-10-6-7-11-20(19)31-23(21)25-22(26)16-12-14-18(15-13-16)32(28,29)17-8-4-3-5-9-17/h3-5,8-9,12-15H,2,6-7,10-11H2,1H3,(H,25,26). The number of hydrogen-bond acceptors (Lipinski definition) is 6. The first-order chi connectivity index (χ1) is 15.4. The van der Waals surface area contributed by atoms with Gasteiger partial charge in [0, 0.05) is 10.4 Å². The number of anilines is 1. The maximum absolute atomic E-state index is 12.9. The third-order valence-electron chi connectivity index (χ3n) is 5.36. The van der Waals surface area contributed by atoms with Gasteiger partial charge in [-0.15, -0.1) is 11.3 Å². The van der Waals surface area contributed by atoms with Crippen molar-refractivity contribution in [1.29, 1.82) is 0 Å². The van der Waals surface area contributed by atoms with Crippen LogP contribution < -0.4 is 5.32 Å². The van der Waals surface area contributed by atoms with Crippen molar-refractivity contribution in [1.82, 2.24) is 0 Å². The molecule has 0 spiro atoms. The zero-order valence-electron chi connectivity index (χ0n) is 17.6.